The summed E-state index contributed by atoms with van der Waals surface area (Å²) in [5.74, 6) is 2.12. The second kappa shape index (κ2) is 6.25. The normalized spacial score (nSPS) is 23.2. The molecule has 0 bridgehead atoms. The minimum absolute atomic E-state index is 0.0726. The Labute approximate surface area is 146 Å². The summed E-state index contributed by atoms with van der Waals surface area (Å²) in [6.45, 7) is 4.32. The van der Waals surface area contributed by atoms with E-state index in [9.17, 15) is 4.79 Å². The third-order valence-corrected chi connectivity index (χ3v) is 5.32. The van der Waals surface area contributed by atoms with Crippen molar-refractivity contribution in [3.63, 3.8) is 0 Å². The second-order valence-electron chi connectivity index (χ2n) is 7.10. The van der Waals surface area contributed by atoms with Crippen molar-refractivity contribution < 1.29 is 9.53 Å². The summed E-state index contributed by atoms with van der Waals surface area (Å²) in [6, 6.07) is 0. The van der Waals surface area contributed by atoms with E-state index in [0.29, 0.717) is 24.6 Å². The number of H-pyrrole nitrogens is 1. The Balaban J connectivity index is 1.46. The van der Waals surface area contributed by atoms with E-state index in [1.54, 1.807) is 0 Å². The van der Waals surface area contributed by atoms with Crippen molar-refractivity contribution in [3.8, 4) is 0 Å². The highest BCUT2D eigenvalue weighted by Crippen LogP contribution is 2.35. The zero-order chi connectivity index (χ0) is 17.6. The van der Waals surface area contributed by atoms with Gasteiger partial charge in [0.15, 0.2) is 11.5 Å². The van der Waals surface area contributed by atoms with Crippen molar-refractivity contribution in [3.05, 3.63) is 28.6 Å². The number of aromatic nitrogens is 5. The molecule has 3 heterocycles. The van der Waals surface area contributed by atoms with Gasteiger partial charge in [0.05, 0.1) is 24.4 Å². The average Bonchev–Trinajstić information content (AvgIpc) is 3.09. The molecule has 0 radical (unpaired) electrons. The Hall–Kier alpha value is -2.22. The molecule has 1 saturated carbocycles. The first-order chi connectivity index (χ1) is 12.0. The number of nitrogens with one attached hydrogen (secondary N) is 2. The van der Waals surface area contributed by atoms with Gasteiger partial charge in [0.1, 0.15) is 5.82 Å². The maximum Gasteiger partial charge on any atom is 0.272 e. The van der Waals surface area contributed by atoms with Gasteiger partial charge >= 0.3 is 0 Å². The van der Waals surface area contributed by atoms with Gasteiger partial charge in [-0.3, -0.25) is 9.89 Å². The van der Waals surface area contributed by atoms with Gasteiger partial charge in [0.25, 0.3) is 5.91 Å². The summed E-state index contributed by atoms with van der Waals surface area (Å²) in [7, 11) is 1.96. The second-order valence-corrected chi connectivity index (χ2v) is 7.10. The van der Waals surface area contributed by atoms with E-state index >= 15 is 0 Å². The molecule has 0 unspecified atom stereocenters. The van der Waals surface area contributed by atoms with Gasteiger partial charge in [-0.05, 0) is 26.7 Å². The number of aromatic amines is 1. The highest BCUT2D eigenvalue weighted by molar-refractivity contribution is 5.94. The average molecular weight is 344 g/mol. The molecule has 134 valence electrons. The quantitative estimate of drug-likeness (QED) is 0.881. The van der Waals surface area contributed by atoms with Crippen LogP contribution in [0.4, 0.5) is 0 Å². The van der Waals surface area contributed by atoms with E-state index in [0.717, 1.165) is 22.9 Å². The summed E-state index contributed by atoms with van der Waals surface area (Å²) in [6.07, 6.45) is 4.31. The molecule has 25 heavy (non-hydrogen) atoms. The smallest absolute Gasteiger partial charge is 0.272 e. The van der Waals surface area contributed by atoms with Crippen LogP contribution >= 0.6 is 0 Å². The summed E-state index contributed by atoms with van der Waals surface area (Å²) in [5.41, 5.74) is 2.31. The molecule has 1 aliphatic heterocycles. The number of ether oxygens (including phenoxy) is 1. The summed E-state index contributed by atoms with van der Waals surface area (Å²) in [5, 5.41) is 18.6. The van der Waals surface area contributed by atoms with Gasteiger partial charge in [-0.1, -0.05) is 6.42 Å². The Morgan fingerprint density at radius 1 is 1.36 bits per heavy atom. The Morgan fingerprint density at radius 2 is 2.16 bits per heavy atom. The number of carbonyl (C=O) groups excluding carboxylic acids is 1. The van der Waals surface area contributed by atoms with Crippen LogP contribution in [0.25, 0.3) is 0 Å². The highest BCUT2D eigenvalue weighted by atomic mass is 16.5. The lowest BCUT2D eigenvalue weighted by Crippen LogP contribution is -2.28. The van der Waals surface area contributed by atoms with Crippen LogP contribution in [0.15, 0.2) is 0 Å². The minimum Gasteiger partial charge on any atom is -0.369 e. The van der Waals surface area contributed by atoms with E-state index in [2.05, 4.69) is 25.7 Å². The number of carbonyl (C=O) groups is 1. The summed E-state index contributed by atoms with van der Waals surface area (Å²) in [4.78, 5) is 12.6. The van der Waals surface area contributed by atoms with E-state index in [4.69, 9.17) is 4.74 Å². The number of hydrogen-bond acceptors (Lipinski definition) is 5. The van der Waals surface area contributed by atoms with E-state index in [1.807, 2.05) is 25.5 Å². The van der Waals surface area contributed by atoms with Crippen LogP contribution < -0.4 is 5.32 Å². The molecular formula is C17H24N6O2. The molecule has 2 atom stereocenters. The van der Waals surface area contributed by atoms with Gasteiger partial charge in [-0.2, -0.15) is 5.10 Å². The zero-order valence-electron chi connectivity index (χ0n) is 14.9. The highest BCUT2D eigenvalue weighted by Gasteiger charge is 2.30. The number of nitrogens with zero attached hydrogens (tertiary/aromatic N) is 4. The Morgan fingerprint density at radius 3 is 2.88 bits per heavy atom. The monoisotopic (exact) mass is 344 g/mol. The fraction of sp³-hybridized carbons (Fsp3) is 0.647. The van der Waals surface area contributed by atoms with Crippen molar-refractivity contribution in [1.29, 1.82) is 0 Å². The minimum atomic E-state index is -0.188. The lowest BCUT2D eigenvalue weighted by Gasteiger charge is -2.25. The topological polar surface area (TPSA) is 97.7 Å². The van der Waals surface area contributed by atoms with Crippen LogP contribution in [0, 0.1) is 0 Å². The van der Waals surface area contributed by atoms with Crippen molar-refractivity contribution in [2.75, 3.05) is 0 Å². The molecule has 1 aliphatic carbocycles. The van der Waals surface area contributed by atoms with Gasteiger partial charge < -0.3 is 14.6 Å². The lowest BCUT2D eigenvalue weighted by molar-refractivity contribution is -0.00697. The molecule has 4 rings (SSSR count). The standard InChI is InChI=1S/C17H24N6O2/c1-9-7-12-14(10(2)25-9)20-21-15(12)17(24)18-8-13-19-22-16(23(13)3)11-5-4-6-11/h9-11H,4-8H2,1-3H3,(H,18,24)(H,20,21)/t9-,10+/m1/s1. The van der Waals surface area contributed by atoms with Crippen LogP contribution in [0.2, 0.25) is 0 Å². The SMILES string of the molecule is C[C@@H]1Cc2c(C(=O)NCc3nnc(C4CCC4)n3C)n[nH]c2[C@H](C)O1. The maximum absolute atomic E-state index is 12.6. The maximum atomic E-state index is 12.6. The largest absolute Gasteiger partial charge is 0.369 e. The molecule has 0 aromatic carbocycles. The predicted molar refractivity (Wildman–Crippen MR) is 90.0 cm³/mol. The molecule has 2 N–H and O–H groups in total. The van der Waals surface area contributed by atoms with Crippen LogP contribution in [-0.4, -0.2) is 37.0 Å². The summed E-state index contributed by atoms with van der Waals surface area (Å²) < 4.78 is 7.77. The van der Waals surface area contributed by atoms with E-state index in [1.165, 1.54) is 19.3 Å². The molecule has 1 amide bonds. The molecular weight excluding hydrogens is 320 g/mol. The fourth-order valence-corrected chi connectivity index (χ4v) is 3.66. The molecule has 0 spiro atoms. The number of amides is 1. The van der Waals surface area contributed by atoms with Gasteiger partial charge in [-0.15, -0.1) is 10.2 Å². The van der Waals surface area contributed by atoms with Gasteiger partial charge in [0.2, 0.25) is 0 Å². The third kappa shape index (κ3) is 2.84. The molecule has 8 heteroatoms. The van der Waals surface area contributed by atoms with Crippen molar-refractivity contribution in [2.24, 2.45) is 7.05 Å². The first-order valence-electron chi connectivity index (χ1n) is 8.93. The van der Waals surface area contributed by atoms with Crippen LogP contribution in [0.1, 0.15) is 78.5 Å². The first kappa shape index (κ1) is 16.3. The van der Waals surface area contributed by atoms with Crippen molar-refractivity contribution in [2.45, 2.75) is 64.2 Å². The third-order valence-electron chi connectivity index (χ3n) is 5.32. The number of hydrogen-bond donors (Lipinski definition) is 2. The zero-order valence-corrected chi connectivity index (χ0v) is 14.9. The molecule has 1 fully saturated rings. The van der Waals surface area contributed by atoms with Gasteiger partial charge in [-0.25, -0.2) is 0 Å². The molecule has 2 aromatic heterocycles. The van der Waals surface area contributed by atoms with Crippen LogP contribution in [0.5, 0.6) is 0 Å². The van der Waals surface area contributed by atoms with Crippen molar-refractivity contribution >= 4 is 5.91 Å². The molecule has 2 aliphatic rings. The van der Waals surface area contributed by atoms with Crippen LogP contribution in [-0.2, 0) is 24.8 Å². The van der Waals surface area contributed by atoms with E-state index in [-0.39, 0.29) is 18.1 Å². The lowest BCUT2D eigenvalue weighted by atomic mass is 9.85. The predicted octanol–water partition coefficient (Wildman–Crippen LogP) is 1.76. The summed E-state index contributed by atoms with van der Waals surface area (Å²) >= 11 is 0. The molecule has 8 nitrogen and oxygen atoms in total. The number of rotatable bonds is 4. The van der Waals surface area contributed by atoms with Crippen LogP contribution in [0.3, 0.4) is 0 Å². The fourth-order valence-electron chi connectivity index (χ4n) is 3.66. The van der Waals surface area contributed by atoms with Gasteiger partial charge in [0, 0.05) is 24.9 Å². The molecule has 0 saturated heterocycles. The molecule has 2 aromatic rings. The van der Waals surface area contributed by atoms with Crippen molar-refractivity contribution in [1.82, 2.24) is 30.3 Å². The first-order valence-corrected chi connectivity index (χ1v) is 8.93. The van der Waals surface area contributed by atoms with E-state index < -0.39 is 0 Å². The Kier molecular flexibility index (Phi) is 4.07. The number of fused-ring (bicyclic) bond motifs is 1. The Bertz CT molecular complexity index is 791.